The van der Waals surface area contributed by atoms with Gasteiger partial charge in [-0.25, -0.2) is 9.97 Å². The number of piperazine rings is 1. The lowest BCUT2D eigenvalue weighted by atomic mass is 10.1. The van der Waals surface area contributed by atoms with Gasteiger partial charge in [-0.1, -0.05) is 54.9 Å². The van der Waals surface area contributed by atoms with Crippen LogP contribution in [0.1, 0.15) is 46.6 Å². The smallest absolute Gasteiger partial charge is 0.485 e. The van der Waals surface area contributed by atoms with Crippen molar-refractivity contribution in [2.75, 3.05) is 49.6 Å². The number of carbonyl (C=O) groups is 2. The molecule has 5 aromatic rings. The van der Waals surface area contributed by atoms with Crippen molar-refractivity contribution >= 4 is 46.1 Å². The van der Waals surface area contributed by atoms with Crippen molar-refractivity contribution < 1.29 is 37.3 Å². The van der Waals surface area contributed by atoms with Crippen molar-refractivity contribution in [1.29, 1.82) is 0 Å². The number of fused-ring (bicyclic) bond motifs is 2. The third-order valence-corrected chi connectivity index (χ3v) is 10.1. The van der Waals surface area contributed by atoms with E-state index in [4.69, 9.17) is 26.1 Å². The van der Waals surface area contributed by atoms with Gasteiger partial charge in [0.25, 0.3) is 11.5 Å². The molecule has 0 spiro atoms. The Morgan fingerprint density at radius 3 is 2.53 bits per heavy atom. The lowest BCUT2D eigenvalue weighted by Crippen LogP contribution is -2.51. The Morgan fingerprint density at radius 2 is 1.81 bits per heavy atom. The minimum absolute atomic E-state index is 0.0138. The SMILES string of the molecule is CCc1c(N2CCN(C(=O)c3ncnc(C)c3OCc3ccccc3)CC2)c(=O)n2nc(C3=CCOCC3)nc2n1CC(=O)Nc1cc2c(cc1Cl)OC(F)(F)O2. The molecular weight excluding hydrogens is 768 g/mol. The Labute approximate surface area is 328 Å². The molecule has 0 bridgehead atoms. The van der Waals surface area contributed by atoms with Crippen molar-refractivity contribution in [2.24, 2.45) is 0 Å². The van der Waals surface area contributed by atoms with Gasteiger partial charge in [0, 0.05) is 38.3 Å². The van der Waals surface area contributed by atoms with Crippen molar-refractivity contribution in [3.63, 3.8) is 0 Å². The van der Waals surface area contributed by atoms with Gasteiger partial charge in [-0.3, -0.25) is 14.4 Å². The standard InChI is InChI=1S/C38H36ClF2N9O7/c1-3-27-32(47-11-13-48(14-12-47)35(52)31-33(22(2)42-21-43-31)55-20-23-7-5-4-6-8-23)36(53)50-37(45-34(46-50)24-9-15-54-16-10-24)49(27)19-30(51)44-26-18-29-28(17-25(26)39)56-38(40,41)57-29/h4-9,17-18,21H,3,10-16,19-20H2,1-2H3,(H,44,51). The van der Waals surface area contributed by atoms with Crippen LogP contribution in [0.5, 0.6) is 17.2 Å². The van der Waals surface area contributed by atoms with Crippen LogP contribution < -0.4 is 30.0 Å². The average molecular weight is 804 g/mol. The first-order valence-corrected chi connectivity index (χ1v) is 18.6. The summed E-state index contributed by atoms with van der Waals surface area (Å²) in [5.74, 6) is -0.737. The number of aryl methyl sites for hydroxylation is 1. The quantitative estimate of drug-likeness (QED) is 0.210. The van der Waals surface area contributed by atoms with Crippen molar-refractivity contribution in [3.05, 3.63) is 98.7 Å². The van der Waals surface area contributed by atoms with Gasteiger partial charge in [0.15, 0.2) is 28.8 Å². The molecule has 6 heterocycles. The molecular formula is C38H36ClF2N9O7. The molecule has 3 aliphatic rings. The summed E-state index contributed by atoms with van der Waals surface area (Å²) in [4.78, 5) is 58.8. The van der Waals surface area contributed by atoms with E-state index in [9.17, 15) is 23.2 Å². The van der Waals surface area contributed by atoms with E-state index < -0.39 is 17.8 Å². The first-order chi connectivity index (χ1) is 27.5. The van der Waals surface area contributed by atoms with Crippen LogP contribution in [0.4, 0.5) is 20.2 Å². The second-order valence-corrected chi connectivity index (χ2v) is 13.8. The molecule has 0 aliphatic carbocycles. The van der Waals surface area contributed by atoms with Crippen LogP contribution in [-0.2, 0) is 29.1 Å². The summed E-state index contributed by atoms with van der Waals surface area (Å²) in [5.41, 5.74) is 2.77. The average Bonchev–Trinajstić information content (AvgIpc) is 3.79. The molecule has 16 nitrogen and oxygen atoms in total. The fourth-order valence-electron chi connectivity index (χ4n) is 7.00. The number of anilines is 2. The Kier molecular flexibility index (Phi) is 10.2. The maximum Gasteiger partial charge on any atom is 0.586 e. The first kappa shape index (κ1) is 37.8. The molecule has 1 N–H and O–H groups in total. The summed E-state index contributed by atoms with van der Waals surface area (Å²) >= 11 is 6.33. The van der Waals surface area contributed by atoms with E-state index in [1.54, 1.807) is 16.4 Å². The first-order valence-electron chi connectivity index (χ1n) is 18.2. The van der Waals surface area contributed by atoms with Gasteiger partial charge >= 0.3 is 6.29 Å². The van der Waals surface area contributed by atoms with Crippen LogP contribution >= 0.6 is 11.6 Å². The number of nitrogens with zero attached hydrogens (tertiary/aromatic N) is 8. The Bertz CT molecular complexity index is 2470. The van der Waals surface area contributed by atoms with E-state index in [-0.39, 0.29) is 78.9 Å². The predicted molar refractivity (Wildman–Crippen MR) is 202 cm³/mol. The highest BCUT2D eigenvalue weighted by Gasteiger charge is 2.44. The molecule has 0 unspecified atom stereocenters. The fraction of sp³-hybridized carbons (Fsp3) is 0.342. The molecule has 19 heteroatoms. The summed E-state index contributed by atoms with van der Waals surface area (Å²) in [7, 11) is 0. The number of ether oxygens (including phenoxy) is 4. The zero-order chi connectivity index (χ0) is 39.8. The van der Waals surface area contributed by atoms with Crippen molar-refractivity contribution in [3.8, 4) is 17.2 Å². The molecule has 0 atom stereocenters. The molecule has 3 aliphatic heterocycles. The van der Waals surface area contributed by atoms with Gasteiger partial charge in [-0.15, -0.1) is 13.9 Å². The third-order valence-electron chi connectivity index (χ3n) is 9.77. The summed E-state index contributed by atoms with van der Waals surface area (Å²) in [6, 6.07) is 11.8. The number of hydrogen-bond acceptors (Lipinski definition) is 12. The third kappa shape index (κ3) is 7.57. The molecule has 296 valence electrons. The summed E-state index contributed by atoms with van der Waals surface area (Å²) in [5, 5.41) is 7.21. The minimum Gasteiger partial charge on any atom is -0.485 e. The van der Waals surface area contributed by atoms with E-state index in [0.717, 1.165) is 23.3 Å². The second-order valence-electron chi connectivity index (χ2n) is 13.4. The number of nitrogens with one attached hydrogen (secondary N) is 1. The maximum atomic E-state index is 14.4. The number of halogens is 3. The van der Waals surface area contributed by atoms with E-state index in [2.05, 4.69) is 29.9 Å². The van der Waals surface area contributed by atoms with Crippen LogP contribution in [-0.4, -0.2) is 91.5 Å². The summed E-state index contributed by atoms with van der Waals surface area (Å²) in [6.45, 7) is 5.36. The molecule has 3 aromatic heterocycles. The van der Waals surface area contributed by atoms with Crippen LogP contribution in [0.25, 0.3) is 11.4 Å². The van der Waals surface area contributed by atoms with Gasteiger partial charge in [-0.05, 0) is 30.9 Å². The number of hydrogen-bond donors (Lipinski definition) is 1. The highest BCUT2D eigenvalue weighted by atomic mass is 35.5. The largest absolute Gasteiger partial charge is 0.586 e. The number of benzene rings is 2. The minimum atomic E-state index is -3.87. The molecule has 0 radical (unpaired) electrons. The zero-order valence-corrected chi connectivity index (χ0v) is 31.6. The van der Waals surface area contributed by atoms with Crippen LogP contribution in [0.15, 0.2) is 59.7 Å². The summed E-state index contributed by atoms with van der Waals surface area (Å²) < 4.78 is 50.8. The highest BCUT2D eigenvalue weighted by molar-refractivity contribution is 6.34. The van der Waals surface area contributed by atoms with Crippen molar-refractivity contribution in [2.45, 2.75) is 46.1 Å². The molecule has 2 aromatic carbocycles. The van der Waals surface area contributed by atoms with Crippen molar-refractivity contribution in [1.82, 2.24) is 34.0 Å². The van der Waals surface area contributed by atoms with Crippen LogP contribution in [0.3, 0.4) is 0 Å². The molecule has 8 rings (SSSR count). The van der Waals surface area contributed by atoms with Crippen LogP contribution in [0, 0.1) is 6.92 Å². The molecule has 2 amide bonds. The zero-order valence-electron chi connectivity index (χ0n) is 30.8. The van der Waals surface area contributed by atoms with Crippen LogP contribution in [0.2, 0.25) is 5.02 Å². The van der Waals surface area contributed by atoms with E-state index in [1.807, 2.05) is 48.2 Å². The fourth-order valence-corrected chi connectivity index (χ4v) is 7.20. The van der Waals surface area contributed by atoms with Gasteiger partial charge < -0.3 is 38.6 Å². The number of amides is 2. The predicted octanol–water partition coefficient (Wildman–Crippen LogP) is 4.51. The lowest BCUT2D eigenvalue weighted by Gasteiger charge is -2.36. The monoisotopic (exact) mass is 803 g/mol. The number of alkyl halides is 2. The Morgan fingerprint density at radius 1 is 1.05 bits per heavy atom. The molecule has 57 heavy (non-hydrogen) atoms. The Balaban J connectivity index is 1.08. The van der Waals surface area contributed by atoms with Gasteiger partial charge in [0.2, 0.25) is 11.7 Å². The number of rotatable bonds is 10. The molecule has 0 saturated carbocycles. The van der Waals surface area contributed by atoms with E-state index >= 15 is 0 Å². The van der Waals surface area contributed by atoms with Gasteiger partial charge in [0.1, 0.15) is 25.2 Å². The maximum absolute atomic E-state index is 14.4. The normalized spacial score (nSPS) is 16.1. The van der Waals surface area contributed by atoms with E-state index in [1.165, 1.54) is 10.8 Å². The topological polar surface area (TPSA) is 168 Å². The number of aromatic nitrogens is 6. The van der Waals surface area contributed by atoms with Gasteiger partial charge in [-0.2, -0.15) is 9.50 Å². The summed E-state index contributed by atoms with van der Waals surface area (Å²) in [6.07, 6.45) is 0.147. The Hall–Kier alpha value is -6.14. The molecule has 1 fully saturated rings. The van der Waals surface area contributed by atoms with Gasteiger partial charge in [0.05, 0.1) is 35.3 Å². The highest BCUT2D eigenvalue weighted by Crippen LogP contribution is 2.45. The second kappa shape index (κ2) is 15.4. The molecule has 1 saturated heterocycles. The number of carbonyl (C=O) groups excluding carboxylic acids is 2. The van der Waals surface area contributed by atoms with E-state index in [0.29, 0.717) is 54.7 Å². The lowest BCUT2D eigenvalue weighted by molar-refractivity contribution is -0.286.